The first kappa shape index (κ1) is 14.8. The molecule has 110 valence electrons. The van der Waals surface area contributed by atoms with Crippen LogP contribution < -0.4 is 0 Å². The van der Waals surface area contributed by atoms with Crippen LogP contribution in [0.25, 0.3) is 0 Å². The van der Waals surface area contributed by atoms with E-state index in [1.807, 2.05) is 19.1 Å². The van der Waals surface area contributed by atoms with Gasteiger partial charge in [-0.05, 0) is 0 Å². The zero-order chi connectivity index (χ0) is 15.7. The van der Waals surface area contributed by atoms with Gasteiger partial charge in [-0.2, -0.15) is 0 Å². The maximum atomic E-state index is 12.4. The molecule has 0 radical (unpaired) electrons. The van der Waals surface area contributed by atoms with Gasteiger partial charge in [-0.15, -0.1) is 0 Å². The molecule has 1 aromatic heterocycles. The summed E-state index contributed by atoms with van der Waals surface area (Å²) in [6, 6.07) is 10.9. The van der Waals surface area contributed by atoms with Crippen LogP contribution in [0, 0.1) is 5.92 Å². The van der Waals surface area contributed by atoms with Gasteiger partial charge in [0.05, 0.1) is 0 Å². The number of Topliss-reactive ketones (excluding diaryl/α,β-unsaturated/α-hetero) is 2. The first-order chi connectivity index (χ1) is 10.6. The molecule has 1 aliphatic rings. The fraction of sp³-hybridized carbons (Fsp3) is 0.176. The van der Waals surface area contributed by atoms with E-state index in [1.54, 1.807) is 31.2 Å². The van der Waals surface area contributed by atoms with Crippen molar-refractivity contribution in [1.29, 1.82) is 0 Å². The standard InChI is InChI=1S/C17H14N2O2Se/c1-10(14-8-5-9-22-14)18-19-11(2)15-16(20)12-6-3-4-7-13(12)17(15)21/h3-9,15H,1-2H3/b18-10+,19-11+. The summed E-state index contributed by atoms with van der Waals surface area (Å²) < 4.78 is 1.16. The number of fused-ring (bicyclic) bond motifs is 1. The summed E-state index contributed by atoms with van der Waals surface area (Å²) in [5.74, 6) is -1.18. The quantitative estimate of drug-likeness (QED) is 0.367. The van der Waals surface area contributed by atoms with Crippen LogP contribution in [0.1, 0.15) is 39.0 Å². The topological polar surface area (TPSA) is 58.9 Å². The van der Waals surface area contributed by atoms with E-state index in [4.69, 9.17) is 0 Å². The van der Waals surface area contributed by atoms with E-state index >= 15 is 0 Å². The van der Waals surface area contributed by atoms with Crippen molar-refractivity contribution in [2.75, 3.05) is 0 Å². The average Bonchev–Trinajstić information content (AvgIpc) is 3.14. The molecule has 0 unspecified atom stereocenters. The third-order valence-electron chi connectivity index (χ3n) is 3.64. The predicted octanol–water partition coefficient (Wildman–Crippen LogP) is 2.62. The van der Waals surface area contributed by atoms with Gasteiger partial charge >= 0.3 is 134 Å². The van der Waals surface area contributed by atoms with E-state index in [2.05, 4.69) is 15.1 Å². The van der Waals surface area contributed by atoms with Crippen molar-refractivity contribution >= 4 is 37.5 Å². The predicted molar refractivity (Wildman–Crippen MR) is 87.3 cm³/mol. The molecule has 5 heteroatoms. The zero-order valence-corrected chi connectivity index (χ0v) is 14.0. The Labute approximate surface area is 134 Å². The molecular weight excluding hydrogens is 343 g/mol. The van der Waals surface area contributed by atoms with Gasteiger partial charge in [0, 0.05) is 0 Å². The fourth-order valence-corrected chi connectivity index (χ4v) is 3.88. The molecule has 3 rings (SSSR count). The Kier molecular flexibility index (Phi) is 4.01. The third-order valence-corrected chi connectivity index (χ3v) is 5.69. The molecule has 2 aromatic rings. The van der Waals surface area contributed by atoms with Crippen molar-refractivity contribution in [2.24, 2.45) is 16.1 Å². The number of ketones is 2. The maximum absolute atomic E-state index is 12.4. The molecule has 0 N–H and O–H groups in total. The van der Waals surface area contributed by atoms with Crippen molar-refractivity contribution in [1.82, 2.24) is 0 Å². The van der Waals surface area contributed by atoms with E-state index in [1.165, 1.54) is 0 Å². The van der Waals surface area contributed by atoms with Gasteiger partial charge in [-0.3, -0.25) is 0 Å². The molecule has 1 aliphatic carbocycles. The van der Waals surface area contributed by atoms with E-state index in [-0.39, 0.29) is 11.6 Å². The van der Waals surface area contributed by atoms with Crippen molar-refractivity contribution < 1.29 is 9.59 Å². The van der Waals surface area contributed by atoms with Crippen LogP contribution in [0.4, 0.5) is 0 Å². The van der Waals surface area contributed by atoms with Crippen LogP contribution in [0.2, 0.25) is 0 Å². The number of rotatable bonds is 3. The molecule has 0 saturated heterocycles. The second-order valence-corrected chi connectivity index (χ2v) is 7.10. The minimum atomic E-state index is -0.824. The number of nitrogens with zero attached hydrogens (tertiary/aromatic N) is 2. The Balaban J connectivity index is 1.89. The first-order valence-corrected chi connectivity index (χ1v) is 8.74. The normalized spacial score (nSPS) is 16.3. The molecule has 22 heavy (non-hydrogen) atoms. The summed E-state index contributed by atoms with van der Waals surface area (Å²) in [4.78, 5) is 26.9. The SMILES string of the molecule is C/C(=N\N=C(/C)C1C(=O)c2ccccc2C1=O)c1ccc[se]1. The summed E-state index contributed by atoms with van der Waals surface area (Å²) in [5.41, 5.74) is 2.25. The second-order valence-electron chi connectivity index (χ2n) is 5.11. The molecule has 4 nitrogen and oxygen atoms in total. The van der Waals surface area contributed by atoms with Crippen LogP contribution >= 0.6 is 0 Å². The molecule has 1 aromatic carbocycles. The number of carbonyl (C=O) groups excluding carboxylic acids is 2. The molecule has 0 saturated carbocycles. The van der Waals surface area contributed by atoms with Crippen LogP contribution in [0.15, 0.2) is 51.5 Å². The van der Waals surface area contributed by atoms with Gasteiger partial charge in [0.25, 0.3) is 0 Å². The van der Waals surface area contributed by atoms with Gasteiger partial charge in [0.1, 0.15) is 0 Å². The Bertz CT molecular complexity index is 769. The summed E-state index contributed by atoms with van der Waals surface area (Å²) in [5, 5.41) is 8.33. The first-order valence-electron chi connectivity index (χ1n) is 6.89. The number of hydrogen-bond acceptors (Lipinski definition) is 4. The molecular formula is C17H14N2O2Se. The van der Waals surface area contributed by atoms with E-state index < -0.39 is 5.92 Å². The molecule has 0 bridgehead atoms. The second kappa shape index (κ2) is 5.95. The third kappa shape index (κ3) is 2.54. The Morgan fingerprint density at radius 1 is 0.955 bits per heavy atom. The van der Waals surface area contributed by atoms with Crippen LogP contribution in [-0.2, 0) is 0 Å². The van der Waals surface area contributed by atoms with Gasteiger partial charge in [-0.25, -0.2) is 0 Å². The van der Waals surface area contributed by atoms with Crippen molar-refractivity contribution in [3.8, 4) is 0 Å². The van der Waals surface area contributed by atoms with Crippen LogP contribution in [-0.4, -0.2) is 37.5 Å². The van der Waals surface area contributed by atoms with E-state index in [0.29, 0.717) is 31.3 Å². The molecule has 0 aliphatic heterocycles. The fourth-order valence-electron chi connectivity index (χ4n) is 2.47. The molecule has 1 heterocycles. The summed E-state index contributed by atoms with van der Waals surface area (Å²) >= 11 is 0.298. The Hall–Kier alpha value is -2.10. The minimum absolute atomic E-state index is 0.180. The molecule has 0 amide bonds. The van der Waals surface area contributed by atoms with Crippen molar-refractivity contribution in [3.63, 3.8) is 0 Å². The number of carbonyl (C=O) groups is 2. The van der Waals surface area contributed by atoms with Crippen LogP contribution in [0.5, 0.6) is 0 Å². The molecule has 0 atom stereocenters. The van der Waals surface area contributed by atoms with E-state index in [0.717, 1.165) is 10.1 Å². The zero-order valence-electron chi connectivity index (χ0n) is 12.2. The molecule has 0 fully saturated rings. The van der Waals surface area contributed by atoms with Crippen molar-refractivity contribution in [3.05, 3.63) is 56.9 Å². The molecule has 0 spiro atoms. The summed E-state index contributed by atoms with van der Waals surface area (Å²) in [6.45, 7) is 3.58. The monoisotopic (exact) mass is 358 g/mol. The van der Waals surface area contributed by atoms with Crippen LogP contribution in [0.3, 0.4) is 0 Å². The van der Waals surface area contributed by atoms with E-state index in [9.17, 15) is 9.59 Å². The summed E-state index contributed by atoms with van der Waals surface area (Å²) in [6.07, 6.45) is 0. The number of benzene rings is 1. The summed E-state index contributed by atoms with van der Waals surface area (Å²) in [7, 11) is 0. The number of hydrogen-bond donors (Lipinski definition) is 0. The van der Waals surface area contributed by atoms with Crippen molar-refractivity contribution in [2.45, 2.75) is 13.8 Å². The van der Waals surface area contributed by atoms with Gasteiger partial charge < -0.3 is 0 Å². The van der Waals surface area contributed by atoms with Gasteiger partial charge in [-0.1, -0.05) is 0 Å². The average molecular weight is 357 g/mol. The Morgan fingerprint density at radius 2 is 1.59 bits per heavy atom. The van der Waals surface area contributed by atoms with Gasteiger partial charge in [0.2, 0.25) is 0 Å². The Morgan fingerprint density at radius 3 is 2.14 bits per heavy atom. The van der Waals surface area contributed by atoms with Gasteiger partial charge in [0.15, 0.2) is 0 Å².